The van der Waals surface area contributed by atoms with Gasteiger partial charge in [-0.15, -0.1) is 13.2 Å². The number of hydrogen-bond acceptors (Lipinski definition) is 5. The van der Waals surface area contributed by atoms with Gasteiger partial charge in [-0.05, 0) is 42.5 Å². The van der Waals surface area contributed by atoms with Crippen LogP contribution in [0.25, 0.3) is 5.69 Å². The molecular formula is C23H23Cl2F3N4O3. The smallest absolute Gasteiger partial charge is 0.495 e. The average Bonchev–Trinajstić information content (AvgIpc) is 3.02. The number of piperazine rings is 1. The quantitative estimate of drug-likeness (QED) is 0.461. The summed E-state index contributed by atoms with van der Waals surface area (Å²) in [6.45, 7) is 3.32. The van der Waals surface area contributed by atoms with Crippen LogP contribution in [0.3, 0.4) is 0 Å². The Bertz CT molecular complexity index is 1250. The molecule has 0 unspecified atom stereocenters. The van der Waals surface area contributed by atoms with Crippen molar-refractivity contribution in [2.45, 2.75) is 12.9 Å². The van der Waals surface area contributed by atoms with E-state index in [1.54, 1.807) is 24.9 Å². The van der Waals surface area contributed by atoms with E-state index < -0.39 is 11.9 Å². The number of methoxy groups -OCH3 is 1. The first kappa shape index (κ1) is 25.3. The molecule has 0 bridgehead atoms. The molecule has 1 aliphatic rings. The second-order valence-corrected chi connectivity index (χ2v) is 8.84. The van der Waals surface area contributed by atoms with Crippen molar-refractivity contribution in [2.75, 3.05) is 38.2 Å². The lowest BCUT2D eigenvalue weighted by Gasteiger charge is -2.36. The minimum Gasteiger partial charge on any atom is -0.495 e. The minimum absolute atomic E-state index is 0.0714. The van der Waals surface area contributed by atoms with Crippen LogP contribution in [0.15, 0.2) is 47.3 Å². The highest BCUT2D eigenvalue weighted by Gasteiger charge is 2.31. The van der Waals surface area contributed by atoms with Crippen molar-refractivity contribution >= 4 is 28.9 Å². The summed E-state index contributed by atoms with van der Waals surface area (Å²) in [6, 6.07) is 10.5. The molecule has 1 aromatic heterocycles. The zero-order valence-corrected chi connectivity index (χ0v) is 20.5. The Morgan fingerprint density at radius 1 is 1.00 bits per heavy atom. The molecule has 1 fully saturated rings. The molecule has 2 aromatic carbocycles. The number of halogens is 5. The van der Waals surface area contributed by atoms with Crippen LogP contribution in [-0.2, 0) is 13.6 Å². The van der Waals surface area contributed by atoms with Crippen molar-refractivity contribution in [1.82, 2.24) is 14.3 Å². The lowest BCUT2D eigenvalue weighted by atomic mass is 10.2. The van der Waals surface area contributed by atoms with Gasteiger partial charge >= 0.3 is 6.36 Å². The Labute approximate surface area is 209 Å². The molecule has 1 aliphatic heterocycles. The van der Waals surface area contributed by atoms with Crippen LogP contribution in [0.4, 0.5) is 18.9 Å². The van der Waals surface area contributed by atoms with Crippen LogP contribution in [-0.4, -0.2) is 53.9 Å². The van der Waals surface area contributed by atoms with E-state index in [4.69, 9.17) is 27.9 Å². The molecule has 35 heavy (non-hydrogen) atoms. The van der Waals surface area contributed by atoms with Gasteiger partial charge in [0.25, 0.3) is 5.56 Å². The second kappa shape index (κ2) is 10.0. The molecule has 3 aromatic rings. The van der Waals surface area contributed by atoms with Crippen molar-refractivity contribution in [3.05, 3.63) is 68.6 Å². The average molecular weight is 531 g/mol. The van der Waals surface area contributed by atoms with Gasteiger partial charge in [0.05, 0.1) is 24.2 Å². The molecule has 0 spiro atoms. The normalized spacial score (nSPS) is 14.9. The monoisotopic (exact) mass is 530 g/mol. The van der Waals surface area contributed by atoms with Gasteiger partial charge < -0.3 is 14.4 Å². The number of nitrogens with zero attached hydrogens (tertiary/aromatic N) is 4. The third kappa shape index (κ3) is 5.55. The summed E-state index contributed by atoms with van der Waals surface area (Å²) in [5.74, 6) is 0.376. The first-order chi connectivity index (χ1) is 16.6. The topological polar surface area (TPSA) is 51.9 Å². The highest BCUT2D eigenvalue weighted by atomic mass is 35.5. The fraction of sp³-hybridized carbons (Fsp3) is 0.348. The van der Waals surface area contributed by atoms with E-state index in [0.717, 1.165) is 49.7 Å². The van der Waals surface area contributed by atoms with Crippen molar-refractivity contribution in [1.29, 1.82) is 0 Å². The maximum Gasteiger partial charge on any atom is 0.573 e. The van der Waals surface area contributed by atoms with Gasteiger partial charge in [-0.2, -0.15) is 0 Å². The lowest BCUT2D eigenvalue weighted by molar-refractivity contribution is -0.274. The van der Waals surface area contributed by atoms with E-state index in [0.29, 0.717) is 22.9 Å². The third-order valence-corrected chi connectivity index (χ3v) is 6.48. The van der Waals surface area contributed by atoms with Crippen molar-refractivity contribution in [2.24, 2.45) is 7.05 Å². The van der Waals surface area contributed by atoms with E-state index in [1.165, 1.54) is 16.8 Å². The minimum atomic E-state index is -4.79. The Hall–Kier alpha value is -2.82. The predicted octanol–water partition coefficient (Wildman–Crippen LogP) is 4.71. The molecule has 0 aliphatic carbocycles. The predicted molar refractivity (Wildman–Crippen MR) is 128 cm³/mol. The van der Waals surface area contributed by atoms with Crippen LogP contribution in [0, 0.1) is 0 Å². The Morgan fingerprint density at radius 3 is 2.26 bits per heavy atom. The summed E-state index contributed by atoms with van der Waals surface area (Å²) < 4.78 is 49.6. The molecule has 0 saturated carbocycles. The number of alkyl halides is 3. The van der Waals surface area contributed by atoms with Gasteiger partial charge in [0.2, 0.25) is 0 Å². The third-order valence-electron chi connectivity index (χ3n) is 5.87. The number of ether oxygens (including phenoxy) is 2. The number of rotatable bonds is 6. The molecule has 12 heteroatoms. The van der Waals surface area contributed by atoms with E-state index >= 15 is 0 Å². The van der Waals surface area contributed by atoms with Gasteiger partial charge in [-0.25, -0.2) is 4.68 Å². The highest BCUT2D eigenvalue weighted by Crippen LogP contribution is 2.32. The van der Waals surface area contributed by atoms with Crippen molar-refractivity contribution in [3.63, 3.8) is 0 Å². The summed E-state index contributed by atoms with van der Waals surface area (Å²) in [5.41, 5.74) is 1.46. The molecule has 0 N–H and O–H groups in total. The Kier molecular flexibility index (Phi) is 7.25. The van der Waals surface area contributed by atoms with Crippen LogP contribution >= 0.6 is 23.2 Å². The summed E-state index contributed by atoms with van der Waals surface area (Å²) in [7, 11) is 3.31. The summed E-state index contributed by atoms with van der Waals surface area (Å²) >= 11 is 12.6. The molecule has 1 saturated heterocycles. The summed E-state index contributed by atoms with van der Waals surface area (Å²) in [5, 5.41) is 0.700. The van der Waals surface area contributed by atoms with Gasteiger partial charge in [-0.3, -0.25) is 14.4 Å². The first-order valence-corrected chi connectivity index (χ1v) is 11.5. The van der Waals surface area contributed by atoms with Crippen LogP contribution in [0.2, 0.25) is 10.0 Å². The van der Waals surface area contributed by atoms with E-state index in [2.05, 4.69) is 14.5 Å². The number of anilines is 1. The standard InChI is InChI=1S/C23H23Cl2F3N4O3/c1-29-19(14-30-9-11-31(12-10-30)18-13-15(24)3-8-20(18)34-2)21(25)22(33)32(29)16-4-6-17(7-5-16)35-23(26,27)28/h3-8,13H,9-12,14H2,1-2H3. The number of benzene rings is 2. The van der Waals surface area contributed by atoms with E-state index in [-0.39, 0.29) is 10.8 Å². The molecule has 188 valence electrons. The zero-order chi connectivity index (χ0) is 25.3. The molecule has 4 rings (SSSR count). The van der Waals surface area contributed by atoms with Crippen LogP contribution < -0.4 is 19.9 Å². The number of aromatic nitrogens is 2. The largest absolute Gasteiger partial charge is 0.573 e. The lowest BCUT2D eigenvalue weighted by Crippen LogP contribution is -2.46. The fourth-order valence-corrected chi connectivity index (χ4v) is 4.56. The van der Waals surface area contributed by atoms with Crippen molar-refractivity contribution < 1.29 is 22.6 Å². The molecule has 0 radical (unpaired) electrons. The fourth-order valence-electron chi connectivity index (χ4n) is 4.14. The first-order valence-electron chi connectivity index (χ1n) is 10.7. The van der Waals surface area contributed by atoms with Crippen molar-refractivity contribution in [3.8, 4) is 17.2 Å². The maximum absolute atomic E-state index is 12.9. The maximum atomic E-state index is 12.9. The summed E-state index contributed by atoms with van der Waals surface area (Å²) in [4.78, 5) is 17.2. The van der Waals surface area contributed by atoms with E-state index in [1.807, 2.05) is 12.1 Å². The Balaban J connectivity index is 1.48. The molecule has 0 atom stereocenters. The van der Waals surface area contributed by atoms with E-state index in [9.17, 15) is 18.0 Å². The molecule has 0 amide bonds. The molecule has 2 heterocycles. The van der Waals surface area contributed by atoms with Gasteiger partial charge in [-0.1, -0.05) is 23.2 Å². The van der Waals surface area contributed by atoms with Crippen LogP contribution in [0.5, 0.6) is 11.5 Å². The second-order valence-electron chi connectivity index (χ2n) is 8.02. The highest BCUT2D eigenvalue weighted by molar-refractivity contribution is 6.31. The zero-order valence-electron chi connectivity index (χ0n) is 19.0. The SMILES string of the molecule is COc1ccc(Cl)cc1N1CCN(Cc2c(Cl)c(=O)n(-c3ccc(OC(F)(F)F)cc3)n2C)CC1. The van der Waals surface area contributed by atoms with Gasteiger partial charge in [0, 0.05) is 44.8 Å². The molecular weight excluding hydrogens is 508 g/mol. The van der Waals surface area contributed by atoms with Crippen LogP contribution in [0.1, 0.15) is 5.69 Å². The number of hydrogen-bond donors (Lipinski definition) is 0. The summed E-state index contributed by atoms with van der Waals surface area (Å²) in [6.07, 6.45) is -4.79. The molecule has 7 nitrogen and oxygen atoms in total. The Morgan fingerprint density at radius 2 is 1.66 bits per heavy atom. The van der Waals surface area contributed by atoms with Gasteiger partial charge in [0.1, 0.15) is 16.5 Å². The van der Waals surface area contributed by atoms with Gasteiger partial charge in [0.15, 0.2) is 0 Å².